The molecule has 5 heteroatoms. The number of fused-ring (bicyclic) bond motifs is 7. The molecule has 0 aliphatic rings. The van der Waals surface area contributed by atoms with Crippen molar-refractivity contribution in [3.05, 3.63) is 59.7 Å². The molecule has 0 atom stereocenters. The van der Waals surface area contributed by atoms with Gasteiger partial charge in [0.05, 0.1) is 28.8 Å². The normalized spacial score (nSPS) is 11.4. The first-order valence-electron chi connectivity index (χ1n) is 8.78. The average Bonchev–Trinajstić information content (AvgIpc) is 3.26. The zero-order valence-electron chi connectivity index (χ0n) is 14.6. The summed E-state index contributed by atoms with van der Waals surface area (Å²) in [5.74, 6) is -0.476. The molecule has 0 fully saturated rings. The Balaban J connectivity index is 2.12. The highest BCUT2D eigenvalue weighted by atomic mass is 16.5. The van der Waals surface area contributed by atoms with Gasteiger partial charge < -0.3 is 14.7 Å². The van der Waals surface area contributed by atoms with Crippen LogP contribution in [0.15, 0.2) is 48.5 Å². The van der Waals surface area contributed by atoms with Gasteiger partial charge in [-0.05, 0) is 19.1 Å². The molecule has 130 valence electrons. The summed E-state index contributed by atoms with van der Waals surface area (Å²) in [5, 5.41) is 13.3. The Hall–Kier alpha value is -3.78. The molecule has 0 saturated heterocycles. The fraction of sp³-hybridized carbons (Fsp3) is 0.0909. The largest absolute Gasteiger partial charge is 0.462 e. The molecular weight excluding hydrogens is 338 g/mol. The number of para-hydroxylation sites is 2. The van der Waals surface area contributed by atoms with Gasteiger partial charge in [0, 0.05) is 32.6 Å². The summed E-state index contributed by atoms with van der Waals surface area (Å²) in [5.41, 5.74) is 4.14. The van der Waals surface area contributed by atoms with Crippen molar-refractivity contribution in [3.8, 4) is 6.07 Å². The average molecular weight is 353 g/mol. The number of nitriles is 1. The van der Waals surface area contributed by atoms with E-state index in [1.165, 1.54) is 0 Å². The Morgan fingerprint density at radius 3 is 2.11 bits per heavy atom. The van der Waals surface area contributed by atoms with Crippen molar-refractivity contribution in [2.24, 2.45) is 0 Å². The maximum atomic E-state index is 12.9. The second-order valence-electron chi connectivity index (χ2n) is 6.42. The fourth-order valence-corrected chi connectivity index (χ4v) is 3.95. The lowest BCUT2D eigenvalue weighted by molar-refractivity contribution is 0.0528. The van der Waals surface area contributed by atoms with Crippen LogP contribution in [-0.2, 0) is 4.74 Å². The number of carbonyl (C=O) groups is 1. The van der Waals surface area contributed by atoms with Crippen LogP contribution in [0.3, 0.4) is 0 Å². The lowest BCUT2D eigenvalue weighted by Gasteiger charge is -2.08. The number of carbonyl (C=O) groups excluding carboxylic acids is 1. The first-order chi connectivity index (χ1) is 13.2. The third-order valence-electron chi connectivity index (χ3n) is 5.00. The monoisotopic (exact) mass is 353 g/mol. The zero-order chi connectivity index (χ0) is 18.5. The van der Waals surface area contributed by atoms with Crippen LogP contribution in [0, 0.1) is 11.3 Å². The summed E-state index contributed by atoms with van der Waals surface area (Å²) in [6.45, 7) is 2.01. The number of H-pyrrole nitrogens is 2. The van der Waals surface area contributed by atoms with Crippen molar-refractivity contribution in [2.45, 2.75) is 6.92 Å². The van der Waals surface area contributed by atoms with Gasteiger partial charge in [0.15, 0.2) is 0 Å². The molecule has 2 aromatic heterocycles. The highest BCUT2D eigenvalue weighted by Crippen LogP contribution is 2.40. The molecular formula is C22H15N3O2. The second kappa shape index (κ2) is 5.61. The van der Waals surface area contributed by atoms with Crippen LogP contribution in [-0.4, -0.2) is 22.5 Å². The van der Waals surface area contributed by atoms with Gasteiger partial charge >= 0.3 is 5.97 Å². The molecule has 0 unspecified atom stereocenters. The van der Waals surface area contributed by atoms with Crippen LogP contribution in [0.5, 0.6) is 0 Å². The number of aromatic nitrogens is 2. The number of benzene rings is 3. The van der Waals surface area contributed by atoms with E-state index >= 15 is 0 Å². The van der Waals surface area contributed by atoms with Crippen molar-refractivity contribution in [3.63, 3.8) is 0 Å². The van der Waals surface area contributed by atoms with Gasteiger partial charge in [-0.1, -0.05) is 36.4 Å². The Morgan fingerprint density at radius 1 is 0.963 bits per heavy atom. The van der Waals surface area contributed by atoms with E-state index in [4.69, 9.17) is 4.74 Å². The van der Waals surface area contributed by atoms with E-state index in [0.29, 0.717) is 11.1 Å². The summed E-state index contributed by atoms with van der Waals surface area (Å²) in [6, 6.07) is 17.8. The Morgan fingerprint density at radius 2 is 1.52 bits per heavy atom. The van der Waals surface area contributed by atoms with Gasteiger partial charge in [-0.2, -0.15) is 5.26 Å². The van der Waals surface area contributed by atoms with Crippen LogP contribution in [0.1, 0.15) is 22.8 Å². The molecule has 2 N–H and O–H groups in total. The van der Waals surface area contributed by atoms with E-state index in [0.717, 1.165) is 43.6 Å². The molecule has 5 nitrogen and oxygen atoms in total. The summed E-state index contributed by atoms with van der Waals surface area (Å²) >= 11 is 0. The van der Waals surface area contributed by atoms with E-state index in [9.17, 15) is 10.1 Å². The summed E-state index contributed by atoms with van der Waals surface area (Å²) in [6.07, 6.45) is 0. The van der Waals surface area contributed by atoms with Crippen LogP contribution in [0.4, 0.5) is 0 Å². The van der Waals surface area contributed by atoms with Crippen molar-refractivity contribution >= 4 is 49.6 Å². The number of hydrogen-bond acceptors (Lipinski definition) is 3. The van der Waals surface area contributed by atoms with Gasteiger partial charge in [0.1, 0.15) is 6.07 Å². The fourth-order valence-electron chi connectivity index (χ4n) is 3.95. The van der Waals surface area contributed by atoms with Gasteiger partial charge in [-0.3, -0.25) is 0 Å². The predicted molar refractivity (Wildman–Crippen MR) is 106 cm³/mol. The van der Waals surface area contributed by atoms with E-state index in [2.05, 4.69) is 16.0 Å². The first kappa shape index (κ1) is 15.5. The molecule has 0 radical (unpaired) electrons. The van der Waals surface area contributed by atoms with E-state index in [-0.39, 0.29) is 6.61 Å². The number of nitrogens with zero attached hydrogens (tertiary/aromatic N) is 1. The molecule has 5 aromatic rings. The SMILES string of the molecule is CCOC(=O)c1c(C#N)c2c3ccccc3[nH]c2c2[nH]c3ccccc3c12. The zero-order valence-corrected chi connectivity index (χ0v) is 14.6. The Kier molecular flexibility index (Phi) is 3.22. The third-order valence-corrected chi connectivity index (χ3v) is 5.00. The minimum Gasteiger partial charge on any atom is -0.462 e. The maximum Gasteiger partial charge on any atom is 0.340 e. The third kappa shape index (κ3) is 2.01. The minimum atomic E-state index is -0.476. The number of nitrogens with one attached hydrogen (secondary N) is 2. The van der Waals surface area contributed by atoms with Crippen molar-refractivity contribution < 1.29 is 9.53 Å². The lowest BCUT2D eigenvalue weighted by Crippen LogP contribution is -2.08. The molecule has 3 aromatic carbocycles. The molecule has 0 aliphatic carbocycles. The molecule has 0 amide bonds. The van der Waals surface area contributed by atoms with Crippen molar-refractivity contribution in [2.75, 3.05) is 6.61 Å². The number of ether oxygens (including phenoxy) is 1. The highest BCUT2D eigenvalue weighted by molar-refractivity contribution is 6.29. The molecule has 2 heterocycles. The number of esters is 1. The Bertz CT molecular complexity index is 1420. The lowest BCUT2D eigenvalue weighted by atomic mass is 9.96. The van der Waals surface area contributed by atoms with Gasteiger partial charge in [0.25, 0.3) is 0 Å². The quantitative estimate of drug-likeness (QED) is 0.438. The number of rotatable bonds is 2. The topological polar surface area (TPSA) is 81.7 Å². The molecule has 0 saturated carbocycles. The molecule has 5 rings (SSSR count). The smallest absolute Gasteiger partial charge is 0.340 e. The van der Waals surface area contributed by atoms with Crippen molar-refractivity contribution in [1.82, 2.24) is 9.97 Å². The predicted octanol–water partition coefficient (Wildman–Crippen LogP) is 5.00. The highest BCUT2D eigenvalue weighted by Gasteiger charge is 2.26. The van der Waals surface area contributed by atoms with Gasteiger partial charge in [-0.25, -0.2) is 4.79 Å². The molecule has 27 heavy (non-hydrogen) atoms. The van der Waals surface area contributed by atoms with Crippen LogP contribution in [0.2, 0.25) is 0 Å². The van der Waals surface area contributed by atoms with Crippen molar-refractivity contribution in [1.29, 1.82) is 5.26 Å². The second-order valence-corrected chi connectivity index (χ2v) is 6.42. The van der Waals surface area contributed by atoms with Crippen LogP contribution >= 0.6 is 0 Å². The maximum absolute atomic E-state index is 12.9. The van der Waals surface area contributed by atoms with Crippen LogP contribution in [0.25, 0.3) is 43.6 Å². The molecule has 0 bridgehead atoms. The summed E-state index contributed by atoms with van der Waals surface area (Å²) in [7, 11) is 0. The van der Waals surface area contributed by atoms with E-state index in [1.807, 2.05) is 48.5 Å². The first-order valence-corrected chi connectivity index (χ1v) is 8.78. The minimum absolute atomic E-state index is 0.249. The summed E-state index contributed by atoms with van der Waals surface area (Å²) < 4.78 is 5.32. The molecule has 0 spiro atoms. The van der Waals surface area contributed by atoms with Gasteiger partial charge in [0.2, 0.25) is 0 Å². The Labute approximate surface area is 154 Å². The van der Waals surface area contributed by atoms with E-state index < -0.39 is 5.97 Å². The standard InChI is InChI=1S/C22H15N3O2/c1-2-27-22(26)19-14(11-23)17-12-7-3-5-9-15(12)24-20(17)21-18(19)13-8-4-6-10-16(13)25-21/h3-10,24-25H,2H2,1H3. The van der Waals surface area contributed by atoms with E-state index in [1.54, 1.807) is 6.92 Å². The number of aromatic amines is 2. The van der Waals surface area contributed by atoms with Crippen LogP contribution < -0.4 is 0 Å². The summed E-state index contributed by atoms with van der Waals surface area (Å²) in [4.78, 5) is 19.7. The van der Waals surface area contributed by atoms with Gasteiger partial charge in [-0.15, -0.1) is 0 Å². The molecule has 0 aliphatic heterocycles. The number of hydrogen-bond donors (Lipinski definition) is 2.